The predicted octanol–water partition coefficient (Wildman–Crippen LogP) is 2.52. The highest BCUT2D eigenvalue weighted by Gasteiger charge is 2.32. The third-order valence-electron chi connectivity index (χ3n) is 3.64. The number of hydrogen-bond acceptors (Lipinski definition) is 6. The number of rotatable bonds is 4. The number of amides is 2. The lowest BCUT2D eigenvalue weighted by atomic mass is 9.90. The van der Waals surface area contributed by atoms with Gasteiger partial charge in [-0.15, -0.1) is 11.3 Å². The Hall–Kier alpha value is -2.81. The van der Waals surface area contributed by atoms with Gasteiger partial charge in [-0.25, -0.2) is 14.2 Å². The Balaban J connectivity index is 1.85. The minimum Gasteiger partial charge on any atom is -0.461 e. The number of anilines is 2. The molecule has 9 heteroatoms. The number of thiazole rings is 1. The summed E-state index contributed by atoms with van der Waals surface area (Å²) in [6.07, 6.45) is -0.0714. The van der Waals surface area contributed by atoms with E-state index in [1.165, 1.54) is 23.7 Å². The van der Waals surface area contributed by atoms with Crippen LogP contribution in [0.15, 0.2) is 23.7 Å². The van der Waals surface area contributed by atoms with Gasteiger partial charge in [-0.2, -0.15) is 0 Å². The van der Waals surface area contributed by atoms with Crippen molar-refractivity contribution in [2.24, 2.45) is 0 Å². The quantitative estimate of drug-likeness (QED) is 0.814. The molecule has 130 valence electrons. The van der Waals surface area contributed by atoms with E-state index in [9.17, 15) is 18.8 Å². The SMILES string of the molecule is CCOC(=O)c1ncsc1NC(=O)[C@H]1CC(=O)Nc2cc(F)ccc21. The molecule has 0 fully saturated rings. The maximum Gasteiger partial charge on any atom is 0.360 e. The predicted molar refractivity (Wildman–Crippen MR) is 89.1 cm³/mol. The van der Waals surface area contributed by atoms with Crippen molar-refractivity contribution in [1.82, 2.24) is 4.98 Å². The van der Waals surface area contributed by atoms with Crippen molar-refractivity contribution in [3.63, 3.8) is 0 Å². The minimum absolute atomic E-state index is 0.0137. The molecule has 0 bridgehead atoms. The zero-order chi connectivity index (χ0) is 18.0. The summed E-state index contributed by atoms with van der Waals surface area (Å²) in [7, 11) is 0. The number of carbonyl (C=O) groups is 3. The maximum atomic E-state index is 13.4. The van der Waals surface area contributed by atoms with Crippen LogP contribution in [-0.4, -0.2) is 29.4 Å². The molecule has 0 aliphatic carbocycles. The lowest BCUT2D eigenvalue weighted by molar-refractivity contribution is -0.123. The highest BCUT2D eigenvalue weighted by molar-refractivity contribution is 7.14. The van der Waals surface area contributed by atoms with E-state index in [4.69, 9.17) is 4.74 Å². The first-order valence-corrected chi connectivity index (χ1v) is 8.38. The summed E-state index contributed by atoms with van der Waals surface area (Å²) >= 11 is 1.08. The van der Waals surface area contributed by atoms with Gasteiger partial charge >= 0.3 is 5.97 Å². The van der Waals surface area contributed by atoms with Crippen LogP contribution in [0.3, 0.4) is 0 Å². The summed E-state index contributed by atoms with van der Waals surface area (Å²) in [4.78, 5) is 40.2. The van der Waals surface area contributed by atoms with Crippen LogP contribution in [0.5, 0.6) is 0 Å². The number of nitrogens with zero attached hydrogens (tertiary/aromatic N) is 1. The van der Waals surface area contributed by atoms with E-state index in [2.05, 4.69) is 15.6 Å². The smallest absolute Gasteiger partial charge is 0.360 e. The van der Waals surface area contributed by atoms with Crippen LogP contribution in [0.1, 0.15) is 35.3 Å². The number of hydrogen-bond donors (Lipinski definition) is 2. The van der Waals surface area contributed by atoms with Gasteiger partial charge in [0, 0.05) is 12.1 Å². The molecule has 0 saturated heterocycles. The van der Waals surface area contributed by atoms with E-state index in [1.807, 2.05) is 0 Å². The van der Waals surface area contributed by atoms with Gasteiger partial charge in [0.15, 0.2) is 5.69 Å². The molecule has 1 aromatic heterocycles. The third-order valence-corrected chi connectivity index (χ3v) is 4.39. The molecular formula is C16H14FN3O4S. The molecule has 0 radical (unpaired) electrons. The zero-order valence-electron chi connectivity index (χ0n) is 13.2. The van der Waals surface area contributed by atoms with Crippen molar-refractivity contribution in [2.75, 3.05) is 17.2 Å². The number of aromatic nitrogens is 1. The van der Waals surface area contributed by atoms with Gasteiger partial charge in [-0.1, -0.05) is 6.07 Å². The number of carbonyl (C=O) groups excluding carboxylic acids is 3. The van der Waals surface area contributed by atoms with Crippen LogP contribution in [0.4, 0.5) is 15.1 Å². The average molecular weight is 363 g/mol. The largest absolute Gasteiger partial charge is 0.461 e. The summed E-state index contributed by atoms with van der Waals surface area (Å²) in [5.41, 5.74) is 2.21. The Bertz CT molecular complexity index is 852. The first-order chi connectivity index (χ1) is 12.0. The Labute approximate surface area is 146 Å². The number of halogens is 1. The number of fused-ring (bicyclic) bond motifs is 1. The second kappa shape index (κ2) is 6.98. The number of esters is 1. The standard InChI is InChI=1S/C16H14FN3O4S/c1-2-24-16(23)13-15(25-7-18-13)20-14(22)10-6-12(21)19-11-5-8(17)3-4-9(10)11/h3-5,7,10H,2,6H2,1H3,(H,19,21)(H,20,22)/t10-/m0/s1. The molecule has 25 heavy (non-hydrogen) atoms. The van der Waals surface area contributed by atoms with E-state index in [0.29, 0.717) is 5.56 Å². The summed E-state index contributed by atoms with van der Waals surface area (Å²) < 4.78 is 18.2. The van der Waals surface area contributed by atoms with E-state index < -0.39 is 23.6 Å². The van der Waals surface area contributed by atoms with E-state index >= 15 is 0 Å². The van der Waals surface area contributed by atoms with Gasteiger partial charge in [0.05, 0.1) is 18.0 Å². The average Bonchev–Trinajstić information content (AvgIpc) is 3.02. The van der Waals surface area contributed by atoms with E-state index in [0.717, 1.165) is 11.3 Å². The van der Waals surface area contributed by atoms with Crippen molar-refractivity contribution in [2.45, 2.75) is 19.3 Å². The Morgan fingerprint density at radius 1 is 1.48 bits per heavy atom. The summed E-state index contributed by atoms with van der Waals surface area (Å²) in [6.45, 7) is 1.85. The molecule has 0 unspecified atom stereocenters. The summed E-state index contributed by atoms with van der Waals surface area (Å²) in [5, 5.41) is 5.41. The summed E-state index contributed by atoms with van der Waals surface area (Å²) in [5.74, 6) is -2.79. The fraction of sp³-hybridized carbons (Fsp3) is 0.250. The molecule has 2 heterocycles. The zero-order valence-corrected chi connectivity index (χ0v) is 14.0. The molecule has 3 rings (SSSR count). The van der Waals surface area contributed by atoms with Crippen LogP contribution in [-0.2, 0) is 14.3 Å². The Morgan fingerprint density at radius 3 is 3.04 bits per heavy atom. The molecular weight excluding hydrogens is 349 g/mol. The topological polar surface area (TPSA) is 97.4 Å². The van der Waals surface area contributed by atoms with Crippen LogP contribution in [0, 0.1) is 5.82 Å². The fourth-order valence-corrected chi connectivity index (χ4v) is 3.22. The molecule has 2 N–H and O–H groups in total. The first kappa shape index (κ1) is 17.0. The molecule has 0 spiro atoms. The first-order valence-electron chi connectivity index (χ1n) is 7.50. The highest BCUT2D eigenvalue weighted by atomic mass is 32.1. The van der Waals surface area contributed by atoms with Gasteiger partial charge < -0.3 is 15.4 Å². The Kier molecular flexibility index (Phi) is 4.75. The maximum absolute atomic E-state index is 13.4. The van der Waals surface area contributed by atoms with Gasteiger partial charge in [0.1, 0.15) is 10.8 Å². The van der Waals surface area contributed by atoms with Crippen molar-refractivity contribution < 1.29 is 23.5 Å². The Morgan fingerprint density at radius 2 is 2.28 bits per heavy atom. The molecule has 1 aliphatic heterocycles. The van der Waals surface area contributed by atoms with Gasteiger partial charge in [0.2, 0.25) is 11.8 Å². The molecule has 2 aromatic rings. The molecule has 2 amide bonds. The number of ether oxygens (including phenoxy) is 1. The van der Waals surface area contributed by atoms with Crippen molar-refractivity contribution in [3.05, 3.63) is 40.8 Å². The lowest BCUT2D eigenvalue weighted by Gasteiger charge is -2.24. The second-order valence-electron chi connectivity index (χ2n) is 5.28. The molecule has 1 aliphatic rings. The van der Waals surface area contributed by atoms with Crippen molar-refractivity contribution >= 4 is 39.8 Å². The number of nitrogens with one attached hydrogen (secondary N) is 2. The van der Waals surface area contributed by atoms with Gasteiger partial charge in [-0.05, 0) is 24.6 Å². The number of benzene rings is 1. The third kappa shape index (κ3) is 3.50. The van der Waals surface area contributed by atoms with Gasteiger partial charge in [-0.3, -0.25) is 9.59 Å². The van der Waals surface area contributed by atoms with Crippen LogP contribution in [0.2, 0.25) is 0 Å². The normalized spacial score (nSPS) is 15.9. The molecule has 0 saturated carbocycles. The van der Waals surface area contributed by atoms with E-state index in [-0.39, 0.29) is 35.3 Å². The van der Waals surface area contributed by atoms with Crippen molar-refractivity contribution in [3.8, 4) is 0 Å². The monoisotopic (exact) mass is 363 g/mol. The summed E-state index contributed by atoms with van der Waals surface area (Å²) in [6, 6.07) is 3.87. The highest BCUT2D eigenvalue weighted by Crippen LogP contribution is 2.34. The fourth-order valence-electron chi connectivity index (χ4n) is 2.55. The second-order valence-corrected chi connectivity index (χ2v) is 6.13. The van der Waals surface area contributed by atoms with Crippen molar-refractivity contribution in [1.29, 1.82) is 0 Å². The van der Waals surface area contributed by atoms with Crippen LogP contribution < -0.4 is 10.6 Å². The van der Waals surface area contributed by atoms with E-state index in [1.54, 1.807) is 6.92 Å². The molecule has 1 aromatic carbocycles. The van der Waals surface area contributed by atoms with Crippen LogP contribution >= 0.6 is 11.3 Å². The molecule has 7 nitrogen and oxygen atoms in total. The van der Waals surface area contributed by atoms with Gasteiger partial charge in [0.25, 0.3) is 0 Å². The minimum atomic E-state index is -0.790. The lowest BCUT2D eigenvalue weighted by Crippen LogP contribution is -2.31. The molecule has 1 atom stereocenters. The van der Waals surface area contributed by atoms with Crippen LogP contribution in [0.25, 0.3) is 0 Å².